The van der Waals surface area contributed by atoms with Gasteiger partial charge in [-0.15, -0.1) is 11.8 Å². The van der Waals surface area contributed by atoms with Crippen LogP contribution in [0.4, 0.5) is 0 Å². The molecule has 78 valence electrons. The van der Waals surface area contributed by atoms with E-state index in [1.807, 2.05) is 0 Å². The van der Waals surface area contributed by atoms with Crippen LogP contribution >= 0.6 is 11.6 Å². The standard InChI is InChI=1S/C11H11ClN2O/c1-2-3-4-6-14-11(15)9-8-13-7-5-10(9)12/h5,7-8H,4,6H2,1H3,(H,14,15). The van der Waals surface area contributed by atoms with E-state index in [0.717, 1.165) is 0 Å². The van der Waals surface area contributed by atoms with Gasteiger partial charge in [0.2, 0.25) is 0 Å². The summed E-state index contributed by atoms with van der Waals surface area (Å²) in [5.74, 6) is 5.39. The molecule has 1 rings (SSSR count). The Bertz CT molecular complexity index is 407. The van der Waals surface area contributed by atoms with E-state index in [-0.39, 0.29) is 5.91 Å². The van der Waals surface area contributed by atoms with E-state index < -0.39 is 0 Å². The monoisotopic (exact) mass is 222 g/mol. The molecular weight excluding hydrogens is 212 g/mol. The molecule has 1 aromatic rings. The van der Waals surface area contributed by atoms with Crippen LogP contribution in [0.5, 0.6) is 0 Å². The molecule has 1 heterocycles. The molecule has 1 N–H and O–H groups in total. The van der Waals surface area contributed by atoms with E-state index in [1.54, 1.807) is 19.2 Å². The van der Waals surface area contributed by atoms with Crippen LogP contribution in [-0.4, -0.2) is 17.4 Å². The van der Waals surface area contributed by atoms with E-state index in [9.17, 15) is 4.79 Å². The van der Waals surface area contributed by atoms with E-state index in [0.29, 0.717) is 23.6 Å². The summed E-state index contributed by atoms with van der Waals surface area (Å²) >= 11 is 5.83. The van der Waals surface area contributed by atoms with Crippen molar-refractivity contribution in [1.29, 1.82) is 0 Å². The quantitative estimate of drug-likeness (QED) is 0.627. The fourth-order valence-corrected chi connectivity index (χ4v) is 1.19. The summed E-state index contributed by atoms with van der Waals surface area (Å²) in [6.07, 6.45) is 3.63. The molecule has 0 atom stereocenters. The molecule has 0 spiro atoms. The SMILES string of the molecule is CC#CCCNC(=O)c1cnccc1Cl. The first-order valence-corrected chi connectivity index (χ1v) is 4.91. The van der Waals surface area contributed by atoms with E-state index >= 15 is 0 Å². The summed E-state index contributed by atoms with van der Waals surface area (Å²) in [5.41, 5.74) is 0.392. The lowest BCUT2D eigenvalue weighted by molar-refractivity contribution is 0.0954. The van der Waals surface area contributed by atoms with Crippen molar-refractivity contribution in [3.63, 3.8) is 0 Å². The number of nitrogens with one attached hydrogen (secondary N) is 1. The summed E-state index contributed by atoms with van der Waals surface area (Å²) in [4.78, 5) is 15.4. The summed E-state index contributed by atoms with van der Waals surface area (Å²) in [7, 11) is 0. The Balaban J connectivity index is 2.53. The first-order valence-electron chi connectivity index (χ1n) is 4.53. The van der Waals surface area contributed by atoms with Crippen molar-refractivity contribution >= 4 is 17.5 Å². The van der Waals surface area contributed by atoms with E-state index in [4.69, 9.17) is 11.6 Å². The number of carbonyl (C=O) groups is 1. The molecule has 1 aromatic heterocycles. The Morgan fingerprint density at radius 3 is 3.13 bits per heavy atom. The molecule has 15 heavy (non-hydrogen) atoms. The van der Waals surface area contributed by atoms with Crippen LogP contribution in [0.3, 0.4) is 0 Å². The predicted molar refractivity (Wildman–Crippen MR) is 59.6 cm³/mol. The minimum atomic E-state index is -0.217. The van der Waals surface area contributed by atoms with Gasteiger partial charge in [0.15, 0.2) is 0 Å². The number of hydrogen-bond donors (Lipinski definition) is 1. The maximum Gasteiger partial charge on any atom is 0.254 e. The highest BCUT2D eigenvalue weighted by Crippen LogP contribution is 2.12. The molecule has 0 aliphatic rings. The summed E-state index contributed by atoms with van der Waals surface area (Å²) in [5, 5.41) is 3.12. The first-order chi connectivity index (χ1) is 7.25. The Kier molecular flexibility index (Phi) is 4.65. The minimum absolute atomic E-state index is 0.217. The van der Waals surface area contributed by atoms with Gasteiger partial charge in [0.25, 0.3) is 5.91 Å². The van der Waals surface area contributed by atoms with Gasteiger partial charge in [-0.05, 0) is 13.0 Å². The number of carbonyl (C=O) groups excluding carboxylic acids is 1. The molecular formula is C11H11ClN2O. The molecule has 4 heteroatoms. The largest absolute Gasteiger partial charge is 0.351 e. The minimum Gasteiger partial charge on any atom is -0.351 e. The van der Waals surface area contributed by atoms with Gasteiger partial charge in [0.1, 0.15) is 0 Å². The zero-order valence-corrected chi connectivity index (χ0v) is 9.14. The van der Waals surface area contributed by atoms with Gasteiger partial charge in [0.05, 0.1) is 10.6 Å². The van der Waals surface area contributed by atoms with Crippen molar-refractivity contribution in [3.8, 4) is 11.8 Å². The Morgan fingerprint density at radius 1 is 1.67 bits per heavy atom. The zero-order chi connectivity index (χ0) is 11.1. The summed E-state index contributed by atoms with van der Waals surface area (Å²) < 4.78 is 0. The Labute approximate surface area is 93.9 Å². The molecule has 1 amide bonds. The maximum absolute atomic E-state index is 11.5. The summed E-state index contributed by atoms with van der Waals surface area (Å²) in [6, 6.07) is 1.59. The maximum atomic E-state index is 11.5. The van der Waals surface area contributed by atoms with Gasteiger partial charge in [-0.2, -0.15) is 0 Å². The molecule has 0 bridgehead atoms. The van der Waals surface area contributed by atoms with Crippen molar-refractivity contribution in [2.24, 2.45) is 0 Å². The second-order valence-corrected chi connectivity index (χ2v) is 3.20. The predicted octanol–water partition coefficient (Wildman–Crippen LogP) is 1.88. The van der Waals surface area contributed by atoms with Crippen molar-refractivity contribution < 1.29 is 4.79 Å². The highest BCUT2D eigenvalue weighted by molar-refractivity contribution is 6.33. The van der Waals surface area contributed by atoms with E-state index in [1.165, 1.54) is 6.20 Å². The Hall–Kier alpha value is -1.53. The van der Waals surface area contributed by atoms with Crippen LogP contribution in [0.2, 0.25) is 5.02 Å². The number of amides is 1. The molecule has 0 unspecified atom stereocenters. The number of aromatic nitrogens is 1. The highest BCUT2D eigenvalue weighted by Gasteiger charge is 2.08. The van der Waals surface area contributed by atoms with Crippen LogP contribution < -0.4 is 5.32 Å². The second-order valence-electron chi connectivity index (χ2n) is 2.79. The van der Waals surface area contributed by atoms with Crippen LogP contribution in [0.15, 0.2) is 18.5 Å². The van der Waals surface area contributed by atoms with Crippen LogP contribution in [0.25, 0.3) is 0 Å². The van der Waals surface area contributed by atoms with Gasteiger partial charge in [-0.25, -0.2) is 0 Å². The van der Waals surface area contributed by atoms with Gasteiger partial charge >= 0.3 is 0 Å². The second kappa shape index (κ2) is 6.05. The Morgan fingerprint density at radius 2 is 2.47 bits per heavy atom. The third-order valence-electron chi connectivity index (χ3n) is 1.72. The van der Waals surface area contributed by atoms with E-state index in [2.05, 4.69) is 22.1 Å². The highest BCUT2D eigenvalue weighted by atomic mass is 35.5. The average Bonchev–Trinajstić information content (AvgIpc) is 2.25. The van der Waals surface area contributed by atoms with Gasteiger partial charge in [0, 0.05) is 25.4 Å². The van der Waals surface area contributed by atoms with Crippen molar-refractivity contribution in [1.82, 2.24) is 10.3 Å². The zero-order valence-electron chi connectivity index (χ0n) is 8.38. The lowest BCUT2D eigenvalue weighted by atomic mass is 10.2. The molecule has 0 aliphatic heterocycles. The third kappa shape index (κ3) is 3.61. The molecule has 3 nitrogen and oxygen atoms in total. The number of pyridine rings is 1. The molecule has 0 saturated carbocycles. The number of halogens is 1. The molecule has 0 aliphatic carbocycles. The number of nitrogens with zero attached hydrogens (tertiary/aromatic N) is 1. The fourth-order valence-electron chi connectivity index (χ4n) is 1.00. The number of hydrogen-bond acceptors (Lipinski definition) is 2. The average molecular weight is 223 g/mol. The molecule has 0 saturated heterocycles. The van der Waals surface area contributed by atoms with Crippen LogP contribution in [0, 0.1) is 11.8 Å². The van der Waals surface area contributed by atoms with Crippen LogP contribution in [0.1, 0.15) is 23.7 Å². The van der Waals surface area contributed by atoms with Crippen LogP contribution in [-0.2, 0) is 0 Å². The van der Waals surface area contributed by atoms with Crippen molar-refractivity contribution in [3.05, 3.63) is 29.0 Å². The smallest absolute Gasteiger partial charge is 0.254 e. The normalized spacial score (nSPS) is 8.93. The molecule has 0 fully saturated rings. The van der Waals surface area contributed by atoms with Crippen molar-refractivity contribution in [2.45, 2.75) is 13.3 Å². The summed E-state index contributed by atoms with van der Waals surface area (Å²) in [6.45, 7) is 2.28. The topological polar surface area (TPSA) is 42.0 Å². The fraction of sp³-hybridized carbons (Fsp3) is 0.273. The lowest BCUT2D eigenvalue weighted by Crippen LogP contribution is -2.24. The molecule has 0 aromatic carbocycles. The van der Waals surface area contributed by atoms with Crippen molar-refractivity contribution in [2.75, 3.05) is 6.54 Å². The number of rotatable bonds is 3. The van der Waals surface area contributed by atoms with Gasteiger partial charge in [-0.1, -0.05) is 11.6 Å². The molecule has 0 radical (unpaired) electrons. The first kappa shape index (κ1) is 11.5. The van der Waals surface area contributed by atoms with Gasteiger partial charge < -0.3 is 5.32 Å². The lowest BCUT2D eigenvalue weighted by Gasteiger charge is -2.03. The van der Waals surface area contributed by atoms with Gasteiger partial charge in [-0.3, -0.25) is 9.78 Å². The third-order valence-corrected chi connectivity index (χ3v) is 2.05.